The van der Waals surface area contributed by atoms with Crippen LogP contribution in [0.4, 0.5) is 0 Å². The van der Waals surface area contributed by atoms with Gasteiger partial charge < -0.3 is 9.88 Å². The Labute approximate surface area is 168 Å². The number of rotatable bonds is 5. The van der Waals surface area contributed by atoms with Gasteiger partial charge in [0.1, 0.15) is 0 Å². The number of aromatic amines is 1. The van der Waals surface area contributed by atoms with Crippen LogP contribution in [-0.4, -0.2) is 34.5 Å². The first kappa shape index (κ1) is 19.9. The van der Waals surface area contributed by atoms with E-state index in [4.69, 9.17) is 0 Å². The lowest BCUT2D eigenvalue weighted by Crippen LogP contribution is -2.35. The van der Waals surface area contributed by atoms with E-state index in [1.807, 2.05) is 6.20 Å². The maximum atomic E-state index is 4.66. The number of H-pyrrole nitrogens is 1. The minimum Gasteiger partial charge on any atom is -0.357 e. The number of aromatic nitrogens is 2. The molecule has 2 aromatic heterocycles. The number of hydrogen-bond acceptors (Lipinski definition) is 2. The molecule has 27 heavy (non-hydrogen) atoms. The highest BCUT2D eigenvalue weighted by atomic mass is 35.5. The van der Waals surface area contributed by atoms with Crippen molar-refractivity contribution in [3.05, 3.63) is 65.1 Å². The van der Waals surface area contributed by atoms with Crippen molar-refractivity contribution in [2.24, 2.45) is 0 Å². The molecule has 0 bridgehead atoms. The second kappa shape index (κ2) is 8.90. The first-order chi connectivity index (χ1) is 12.7. The molecule has 4 rings (SSSR count). The lowest BCUT2D eigenvalue weighted by atomic mass is 9.90. The fraction of sp³-hybridized carbons (Fsp3) is 0.435. The zero-order valence-electron chi connectivity index (χ0n) is 16.4. The van der Waals surface area contributed by atoms with E-state index in [1.54, 1.807) is 0 Å². The largest absolute Gasteiger partial charge is 0.357 e. The molecule has 1 aliphatic rings. The topological polar surface area (TPSA) is 31.9 Å². The average Bonchev–Trinajstić information content (AvgIpc) is 2.98. The third-order valence-corrected chi connectivity index (χ3v) is 5.97. The van der Waals surface area contributed by atoms with Crippen LogP contribution in [0.1, 0.15) is 47.7 Å². The highest BCUT2D eigenvalue weighted by molar-refractivity contribution is 5.86. The summed E-state index contributed by atoms with van der Waals surface area (Å²) in [5.41, 5.74) is 6.57. The zero-order valence-corrected chi connectivity index (χ0v) is 17.2. The van der Waals surface area contributed by atoms with Crippen LogP contribution < -0.4 is 0 Å². The first-order valence-electron chi connectivity index (χ1n) is 9.92. The number of nitrogens with zero attached hydrogens (tertiary/aromatic N) is 2. The fourth-order valence-electron chi connectivity index (χ4n) is 4.36. The summed E-state index contributed by atoms with van der Waals surface area (Å²) in [7, 11) is 0. The summed E-state index contributed by atoms with van der Waals surface area (Å²) in [6, 6.07) is 13.2. The Balaban J connectivity index is 0.00000210. The lowest BCUT2D eigenvalue weighted by molar-refractivity contribution is 0.206. The van der Waals surface area contributed by atoms with E-state index in [0.29, 0.717) is 5.92 Å². The smallest absolute Gasteiger partial charge is 0.0677 e. The zero-order chi connectivity index (χ0) is 17.9. The van der Waals surface area contributed by atoms with Crippen LogP contribution in [0, 0.1) is 13.8 Å². The monoisotopic (exact) mass is 383 g/mol. The first-order valence-corrected chi connectivity index (χ1v) is 9.92. The summed E-state index contributed by atoms with van der Waals surface area (Å²) in [6.45, 7) is 7.94. The van der Waals surface area contributed by atoms with Gasteiger partial charge in [0.25, 0.3) is 0 Å². The van der Waals surface area contributed by atoms with Crippen molar-refractivity contribution in [2.45, 2.75) is 45.4 Å². The maximum Gasteiger partial charge on any atom is 0.0677 e. The van der Waals surface area contributed by atoms with Gasteiger partial charge in [0.2, 0.25) is 0 Å². The molecule has 4 heteroatoms. The van der Waals surface area contributed by atoms with E-state index in [0.717, 1.165) is 6.42 Å². The summed E-state index contributed by atoms with van der Waals surface area (Å²) < 4.78 is 0. The van der Waals surface area contributed by atoms with Gasteiger partial charge in [0, 0.05) is 23.8 Å². The summed E-state index contributed by atoms with van der Waals surface area (Å²) in [5, 5.41) is 1.33. The van der Waals surface area contributed by atoms with Gasteiger partial charge in [-0.25, -0.2) is 0 Å². The number of likely N-dealkylation sites (tertiary alicyclic amines) is 1. The SMILES string of the molecule is Cc1[nH]c2c(CCCN3CCCC(c4ccccc4)C3)nccc2c1C.Cl. The van der Waals surface area contributed by atoms with E-state index in [9.17, 15) is 0 Å². The molecule has 3 heterocycles. The van der Waals surface area contributed by atoms with Gasteiger partial charge >= 0.3 is 0 Å². The Bertz CT molecular complexity index is 872. The van der Waals surface area contributed by atoms with Crippen molar-refractivity contribution in [2.75, 3.05) is 19.6 Å². The van der Waals surface area contributed by atoms with Crippen LogP contribution in [0.2, 0.25) is 0 Å². The molecular weight excluding hydrogens is 354 g/mol. The number of hydrogen-bond donors (Lipinski definition) is 1. The molecule has 0 aliphatic carbocycles. The van der Waals surface area contributed by atoms with Crippen LogP contribution in [0.25, 0.3) is 10.9 Å². The molecule has 1 saturated heterocycles. The number of halogens is 1. The number of pyridine rings is 1. The molecule has 1 unspecified atom stereocenters. The molecule has 1 aliphatic heterocycles. The normalized spacial score (nSPS) is 17.8. The van der Waals surface area contributed by atoms with E-state index in [1.165, 1.54) is 72.3 Å². The van der Waals surface area contributed by atoms with Crippen LogP contribution >= 0.6 is 12.4 Å². The number of fused-ring (bicyclic) bond motifs is 1. The molecule has 1 aromatic carbocycles. The Morgan fingerprint density at radius 3 is 2.78 bits per heavy atom. The third kappa shape index (κ3) is 4.36. The number of aryl methyl sites for hydroxylation is 3. The molecule has 0 saturated carbocycles. The summed E-state index contributed by atoms with van der Waals surface area (Å²) in [6.07, 6.45) is 6.81. The van der Waals surface area contributed by atoms with Crippen LogP contribution in [0.3, 0.4) is 0 Å². The predicted molar refractivity (Wildman–Crippen MR) is 116 cm³/mol. The van der Waals surface area contributed by atoms with Gasteiger partial charge in [0.05, 0.1) is 11.2 Å². The summed E-state index contributed by atoms with van der Waals surface area (Å²) in [4.78, 5) is 10.8. The van der Waals surface area contributed by atoms with Gasteiger partial charge in [-0.05, 0) is 75.7 Å². The molecule has 1 atom stereocenters. The van der Waals surface area contributed by atoms with E-state index in [2.05, 4.69) is 65.1 Å². The lowest BCUT2D eigenvalue weighted by Gasteiger charge is -2.33. The minimum atomic E-state index is 0. The number of benzene rings is 1. The number of nitrogens with one attached hydrogen (secondary N) is 1. The fourth-order valence-corrected chi connectivity index (χ4v) is 4.36. The van der Waals surface area contributed by atoms with Gasteiger partial charge in [-0.3, -0.25) is 4.98 Å². The molecule has 3 aromatic rings. The van der Waals surface area contributed by atoms with Gasteiger partial charge in [0.15, 0.2) is 0 Å². The maximum absolute atomic E-state index is 4.66. The minimum absolute atomic E-state index is 0. The van der Waals surface area contributed by atoms with E-state index < -0.39 is 0 Å². The quantitative estimate of drug-likeness (QED) is 0.638. The molecular formula is C23H30ClN3. The second-order valence-electron chi connectivity index (χ2n) is 7.71. The Hall–Kier alpha value is -1.84. The molecule has 0 spiro atoms. The highest BCUT2D eigenvalue weighted by Gasteiger charge is 2.20. The molecule has 1 N–H and O–H groups in total. The van der Waals surface area contributed by atoms with Gasteiger partial charge in [-0.15, -0.1) is 12.4 Å². The van der Waals surface area contributed by atoms with Crippen molar-refractivity contribution in [3.8, 4) is 0 Å². The molecule has 0 amide bonds. The van der Waals surface area contributed by atoms with Gasteiger partial charge in [-0.1, -0.05) is 30.3 Å². The van der Waals surface area contributed by atoms with Crippen molar-refractivity contribution in [3.63, 3.8) is 0 Å². The van der Waals surface area contributed by atoms with E-state index in [-0.39, 0.29) is 12.4 Å². The Kier molecular flexibility index (Phi) is 6.56. The third-order valence-electron chi connectivity index (χ3n) is 5.97. The van der Waals surface area contributed by atoms with E-state index >= 15 is 0 Å². The molecule has 3 nitrogen and oxygen atoms in total. The second-order valence-corrected chi connectivity index (χ2v) is 7.71. The van der Waals surface area contributed by atoms with Crippen LogP contribution in [0.5, 0.6) is 0 Å². The molecule has 144 valence electrons. The summed E-state index contributed by atoms with van der Waals surface area (Å²) in [5.74, 6) is 0.695. The van der Waals surface area contributed by atoms with Crippen molar-refractivity contribution >= 4 is 23.3 Å². The predicted octanol–water partition coefficient (Wildman–Crippen LogP) is 5.41. The molecule has 1 fully saturated rings. The highest BCUT2D eigenvalue weighted by Crippen LogP contribution is 2.27. The van der Waals surface area contributed by atoms with Crippen molar-refractivity contribution < 1.29 is 0 Å². The van der Waals surface area contributed by atoms with Crippen LogP contribution in [-0.2, 0) is 6.42 Å². The van der Waals surface area contributed by atoms with Crippen LogP contribution in [0.15, 0.2) is 42.6 Å². The van der Waals surface area contributed by atoms with Crippen molar-refractivity contribution in [1.29, 1.82) is 0 Å². The Morgan fingerprint density at radius 1 is 1.15 bits per heavy atom. The number of piperidine rings is 1. The average molecular weight is 384 g/mol. The standard InChI is InChI=1S/C23H29N3.ClH/c1-17-18(2)25-23-21(17)12-13-24-22(23)11-7-15-26-14-6-10-20(16-26)19-8-4-3-5-9-19;/h3-5,8-9,12-13,20,25H,6-7,10-11,14-16H2,1-2H3;1H. The summed E-state index contributed by atoms with van der Waals surface area (Å²) >= 11 is 0. The van der Waals surface area contributed by atoms with Crippen molar-refractivity contribution in [1.82, 2.24) is 14.9 Å². The Morgan fingerprint density at radius 2 is 1.96 bits per heavy atom. The molecule has 0 radical (unpaired) electrons. The van der Waals surface area contributed by atoms with Gasteiger partial charge in [-0.2, -0.15) is 0 Å².